The topological polar surface area (TPSA) is 134 Å². The number of benzene rings is 1. The number of halogens is 1. The number of furan rings is 1. The summed E-state index contributed by atoms with van der Waals surface area (Å²) in [6.45, 7) is 9.84. The summed E-state index contributed by atoms with van der Waals surface area (Å²) < 4.78 is 24.1. The van der Waals surface area contributed by atoms with Crippen molar-refractivity contribution in [2.75, 3.05) is 27.7 Å². The highest BCUT2D eigenvalue weighted by Crippen LogP contribution is 2.29. The Labute approximate surface area is 227 Å². The number of amidine groups is 1. The molecule has 39 heavy (non-hydrogen) atoms. The van der Waals surface area contributed by atoms with Crippen molar-refractivity contribution < 1.29 is 32.7 Å². The summed E-state index contributed by atoms with van der Waals surface area (Å²) in [4.78, 5) is 53.6. The second-order valence-corrected chi connectivity index (χ2v) is 8.77. The molecule has 0 spiro atoms. The molecule has 2 fully saturated rings. The highest BCUT2D eigenvalue weighted by Gasteiger charge is 2.34. The summed E-state index contributed by atoms with van der Waals surface area (Å²) in [7, 11) is 4.54. The molecule has 0 bridgehead atoms. The van der Waals surface area contributed by atoms with Crippen molar-refractivity contribution in [1.82, 2.24) is 20.4 Å². The van der Waals surface area contributed by atoms with E-state index in [4.69, 9.17) is 9.15 Å². The number of methoxy groups -OCH3 is 1. The van der Waals surface area contributed by atoms with Crippen LogP contribution in [0.25, 0.3) is 0 Å². The first-order chi connectivity index (χ1) is 18.4. The third-order valence-corrected chi connectivity index (χ3v) is 5.87. The van der Waals surface area contributed by atoms with Crippen LogP contribution < -0.4 is 15.4 Å². The molecule has 4 rings (SSSR count). The second-order valence-electron chi connectivity index (χ2n) is 8.77. The summed E-state index contributed by atoms with van der Waals surface area (Å²) in [6.07, 6.45) is 1.37. The third kappa shape index (κ3) is 7.21. The maximum Gasteiger partial charge on any atom is 0.322 e. The summed E-state index contributed by atoms with van der Waals surface area (Å²) in [5.74, 6) is 0.171. The first-order valence-electron chi connectivity index (χ1n) is 12.6. The number of hydrogen-bond acceptors (Lipinski definition) is 7. The molecule has 2 saturated heterocycles. The zero-order valence-electron chi connectivity index (χ0n) is 23.6. The van der Waals surface area contributed by atoms with E-state index in [9.17, 15) is 23.6 Å². The van der Waals surface area contributed by atoms with Gasteiger partial charge in [0, 0.05) is 33.1 Å². The van der Waals surface area contributed by atoms with Crippen molar-refractivity contribution >= 4 is 35.3 Å². The van der Waals surface area contributed by atoms with E-state index in [1.54, 1.807) is 51.9 Å². The third-order valence-electron chi connectivity index (χ3n) is 5.87. The number of likely N-dealkylation sites (tertiary alicyclic amines) is 1. The molecule has 0 saturated carbocycles. The predicted octanol–water partition coefficient (Wildman–Crippen LogP) is 4.01. The summed E-state index contributed by atoms with van der Waals surface area (Å²) in [5.41, 5.74) is 1.22. The van der Waals surface area contributed by atoms with E-state index in [-0.39, 0.29) is 23.1 Å². The number of urea groups is 1. The highest BCUT2D eigenvalue weighted by molar-refractivity contribution is 6.04. The molecule has 2 N–H and O–H groups in total. The number of aliphatic imine (C=N–C) groups is 1. The van der Waals surface area contributed by atoms with Gasteiger partial charge in [-0.15, -0.1) is 0 Å². The van der Waals surface area contributed by atoms with Crippen LogP contribution in [0.4, 0.5) is 14.9 Å². The normalized spacial score (nSPS) is 16.5. The first kappa shape index (κ1) is 31.0. The number of nitrogens with zero attached hydrogens (tertiary/aromatic N) is 3. The maximum atomic E-state index is 13.8. The first-order valence-corrected chi connectivity index (χ1v) is 12.6. The van der Waals surface area contributed by atoms with Gasteiger partial charge < -0.3 is 24.3 Å². The molecule has 3 heterocycles. The smallest absolute Gasteiger partial charge is 0.322 e. The molecule has 2 aromatic rings. The molecular weight excluding hydrogens is 509 g/mol. The Morgan fingerprint density at radius 2 is 1.87 bits per heavy atom. The number of nitrogens with one attached hydrogen (secondary N) is 2. The number of carbonyl (C=O) groups is 4. The van der Waals surface area contributed by atoms with E-state index >= 15 is 0 Å². The van der Waals surface area contributed by atoms with Gasteiger partial charge in [0.1, 0.15) is 23.0 Å². The minimum atomic E-state index is -0.844. The minimum Gasteiger partial charge on any atom is -0.494 e. The fraction of sp³-hybridized carbons (Fsp3) is 0.444. The molecule has 1 aromatic carbocycles. The molecule has 1 atom stereocenters. The standard InChI is InChI=1S/C14H16N4O4.C11H14FNO2.C2H6/c1-7-9(15-8(2)18-5-3-4-11(18)19)6-10(22-7)12-13(20)17-14(21)16-12;1-7-5-6-8(15-4)10(12)9(7)11(14)13(2)3;1-2/h6,12H,3-5H2,1-2H3,(H2,16,17,20,21);5-6H,1-4H3;1-2H3. The van der Waals surface area contributed by atoms with Crippen molar-refractivity contribution in [1.29, 1.82) is 0 Å². The average molecular weight is 546 g/mol. The van der Waals surface area contributed by atoms with Gasteiger partial charge in [0.05, 0.1) is 12.7 Å². The Bertz CT molecular complexity index is 1270. The molecule has 1 aromatic heterocycles. The zero-order valence-corrected chi connectivity index (χ0v) is 23.6. The maximum absolute atomic E-state index is 13.8. The molecule has 1 unspecified atom stereocenters. The number of hydrogen-bond donors (Lipinski definition) is 2. The largest absolute Gasteiger partial charge is 0.494 e. The van der Waals surface area contributed by atoms with Gasteiger partial charge in [0.15, 0.2) is 17.6 Å². The van der Waals surface area contributed by atoms with Crippen LogP contribution in [0, 0.1) is 19.7 Å². The lowest BCUT2D eigenvalue weighted by molar-refractivity contribution is -0.124. The van der Waals surface area contributed by atoms with Crippen LogP contribution in [-0.2, 0) is 9.59 Å². The average Bonchev–Trinajstić information content (AvgIpc) is 3.58. The van der Waals surface area contributed by atoms with E-state index in [2.05, 4.69) is 15.6 Å². The number of aryl methyl sites for hydroxylation is 2. The van der Waals surface area contributed by atoms with E-state index < -0.39 is 23.8 Å². The Hall–Kier alpha value is -4.22. The SMILES string of the molecule is CC.CC(=Nc1cc(C2NC(=O)NC2=O)oc1C)N1CCCC1=O.COc1ccc(C)c(C(=O)N(C)C)c1F. The molecule has 2 aliphatic rings. The zero-order chi connectivity index (χ0) is 29.4. The van der Waals surface area contributed by atoms with E-state index in [0.717, 1.165) is 6.42 Å². The van der Waals surface area contributed by atoms with Gasteiger partial charge >= 0.3 is 6.03 Å². The van der Waals surface area contributed by atoms with Crippen LogP contribution in [0.15, 0.2) is 27.6 Å². The van der Waals surface area contributed by atoms with E-state index in [1.807, 2.05) is 13.8 Å². The molecule has 5 amide bonds. The van der Waals surface area contributed by atoms with E-state index in [0.29, 0.717) is 41.6 Å². The van der Waals surface area contributed by atoms with Crippen LogP contribution in [0.5, 0.6) is 5.75 Å². The molecule has 12 heteroatoms. The molecule has 0 aliphatic carbocycles. The minimum absolute atomic E-state index is 0.0602. The van der Waals surface area contributed by atoms with Gasteiger partial charge in [-0.1, -0.05) is 19.9 Å². The summed E-state index contributed by atoms with van der Waals surface area (Å²) in [6, 6.07) is 3.39. The molecule has 2 aliphatic heterocycles. The van der Waals surface area contributed by atoms with Crippen LogP contribution in [0.1, 0.15) is 67.1 Å². The van der Waals surface area contributed by atoms with Crippen LogP contribution >= 0.6 is 0 Å². The fourth-order valence-electron chi connectivity index (χ4n) is 3.89. The predicted molar refractivity (Wildman–Crippen MR) is 144 cm³/mol. The molecule has 0 radical (unpaired) electrons. The van der Waals surface area contributed by atoms with Gasteiger partial charge in [0.2, 0.25) is 5.91 Å². The Morgan fingerprint density at radius 3 is 2.38 bits per heavy atom. The van der Waals surface area contributed by atoms with Gasteiger partial charge in [-0.05, 0) is 38.8 Å². The van der Waals surface area contributed by atoms with E-state index in [1.165, 1.54) is 18.1 Å². The van der Waals surface area contributed by atoms with Gasteiger partial charge in [-0.25, -0.2) is 14.2 Å². The monoisotopic (exact) mass is 545 g/mol. The van der Waals surface area contributed by atoms with Crippen LogP contribution in [0.2, 0.25) is 0 Å². The van der Waals surface area contributed by atoms with Gasteiger partial charge in [-0.2, -0.15) is 0 Å². The Morgan fingerprint density at radius 1 is 1.21 bits per heavy atom. The summed E-state index contributed by atoms with van der Waals surface area (Å²) >= 11 is 0. The lowest BCUT2D eigenvalue weighted by Crippen LogP contribution is -2.29. The summed E-state index contributed by atoms with van der Waals surface area (Å²) in [5, 5.41) is 4.62. The number of rotatable bonds is 4. The lowest BCUT2D eigenvalue weighted by atomic mass is 10.1. The fourth-order valence-corrected chi connectivity index (χ4v) is 3.89. The lowest BCUT2D eigenvalue weighted by Gasteiger charge is -2.14. The Balaban J connectivity index is 0.000000275. The highest BCUT2D eigenvalue weighted by atomic mass is 19.1. The van der Waals surface area contributed by atoms with Crippen molar-refractivity contribution in [3.05, 3.63) is 46.7 Å². The molecule has 212 valence electrons. The van der Waals surface area contributed by atoms with Crippen molar-refractivity contribution in [2.45, 2.75) is 53.5 Å². The second kappa shape index (κ2) is 13.5. The molecular formula is C27H36FN5O6. The van der Waals surface area contributed by atoms with Crippen molar-refractivity contribution in [2.24, 2.45) is 4.99 Å². The van der Waals surface area contributed by atoms with Gasteiger partial charge in [-0.3, -0.25) is 19.7 Å². The van der Waals surface area contributed by atoms with Crippen molar-refractivity contribution in [3.63, 3.8) is 0 Å². The number of carbonyl (C=O) groups excluding carboxylic acids is 4. The van der Waals surface area contributed by atoms with Crippen LogP contribution in [-0.4, -0.2) is 67.1 Å². The number of imide groups is 1. The van der Waals surface area contributed by atoms with Gasteiger partial charge in [0.25, 0.3) is 11.8 Å². The van der Waals surface area contributed by atoms with Crippen LogP contribution in [0.3, 0.4) is 0 Å². The number of ether oxygens (including phenoxy) is 1. The molecule has 11 nitrogen and oxygen atoms in total. The van der Waals surface area contributed by atoms with Crippen molar-refractivity contribution in [3.8, 4) is 5.75 Å². The Kier molecular flexibility index (Phi) is 10.8. The quantitative estimate of drug-likeness (QED) is 0.339. The number of amides is 5.